The zero-order valence-corrected chi connectivity index (χ0v) is 6.70. The van der Waals surface area contributed by atoms with E-state index in [4.69, 9.17) is 4.84 Å². The van der Waals surface area contributed by atoms with Crippen molar-refractivity contribution in [3.05, 3.63) is 27.8 Å². The van der Waals surface area contributed by atoms with Crippen molar-refractivity contribution in [2.24, 2.45) is 3.31 Å². The monoisotopic (exact) mass is 233 g/mol. The number of halogens is 1. The molecule has 9 heavy (non-hydrogen) atoms. The smallest absolute Gasteiger partial charge is 0.172 e. The number of hydrogen-bond donors (Lipinski definition) is 0. The van der Waals surface area contributed by atoms with Crippen LogP contribution in [-0.2, 0) is 0 Å². The van der Waals surface area contributed by atoms with Crippen molar-refractivity contribution in [1.82, 2.24) is 0 Å². The van der Waals surface area contributed by atoms with Crippen molar-refractivity contribution in [2.45, 2.75) is 0 Å². The molecular weight excluding hydrogens is 229 g/mol. The van der Waals surface area contributed by atoms with Crippen LogP contribution in [0.1, 0.15) is 0 Å². The SMILES string of the molecule is c1ccc2c(c1)ON=I2. The molecule has 0 unspecified atom stereocenters. The molecule has 1 aromatic rings. The largest absolute Gasteiger partial charge is 0.351 e. The molecule has 0 aromatic heterocycles. The third-order valence-corrected chi connectivity index (χ3v) is 2.90. The average Bonchev–Trinajstić information content (AvgIpc) is 2.33. The molecule has 0 aliphatic carbocycles. The number of rotatable bonds is 0. The first-order valence-electron chi connectivity index (χ1n) is 2.57. The van der Waals surface area contributed by atoms with E-state index in [0.717, 1.165) is 5.75 Å². The molecule has 46 valence electrons. The molecule has 2 nitrogen and oxygen atoms in total. The quantitative estimate of drug-likeness (QED) is 0.630. The maximum absolute atomic E-state index is 4.97. The summed E-state index contributed by atoms with van der Waals surface area (Å²) in [5.41, 5.74) is 0. The first-order chi connectivity index (χ1) is 4.47. The number of hydrogen-bond acceptors (Lipinski definition) is 2. The predicted molar refractivity (Wildman–Crippen MR) is 42.2 cm³/mol. The van der Waals surface area contributed by atoms with Gasteiger partial charge in [-0.05, 0) is 12.1 Å². The number of benzene rings is 1. The van der Waals surface area contributed by atoms with Crippen LogP contribution in [0.3, 0.4) is 0 Å². The van der Waals surface area contributed by atoms with Crippen LogP contribution in [-0.4, -0.2) is 0 Å². The van der Waals surface area contributed by atoms with Crippen LogP contribution in [0, 0.1) is 3.57 Å². The molecule has 3 heteroatoms. The summed E-state index contributed by atoms with van der Waals surface area (Å²) in [6.07, 6.45) is 0. The summed E-state index contributed by atoms with van der Waals surface area (Å²) in [7, 11) is 0. The molecule has 0 amide bonds. The normalized spacial score (nSPS) is 13.8. The van der Waals surface area contributed by atoms with Crippen LogP contribution < -0.4 is 4.84 Å². The Morgan fingerprint density at radius 1 is 1.33 bits per heavy atom. The summed E-state index contributed by atoms with van der Waals surface area (Å²) in [4.78, 5) is 4.97. The highest BCUT2D eigenvalue weighted by atomic mass is 127. The van der Waals surface area contributed by atoms with Crippen LogP contribution in [0.15, 0.2) is 27.6 Å². The molecule has 1 heterocycles. The zero-order valence-electron chi connectivity index (χ0n) is 4.54. The lowest BCUT2D eigenvalue weighted by Gasteiger charge is -1.89. The van der Waals surface area contributed by atoms with Crippen LogP contribution >= 0.6 is 21.0 Å². The van der Waals surface area contributed by atoms with Gasteiger partial charge in [-0.15, -0.1) is 0 Å². The van der Waals surface area contributed by atoms with E-state index in [2.05, 4.69) is 9.37 Å². The van der Waals surface area contributed by atoms with Gasteiger partial charge in [0.25, 0.3) is 0 Å². The van der Waals surface area contributed by atoms with E-state index in [9.17, 15) is 0 Å². The van der Waals surface area contributed by atoms with Crippen LogP contribution in [0.25, 0.3) is 0 Å². The zero-order chi connectivity index (χ0) is 6.10. The molecule has 1 aromatic carbocycles. The molecule has 0 atom stereocenters. The van der Waals surface area contributed by atoms with Gasteiger partial charge in [0.2, 0.25) is 0 Å². The Bertz CT molecular complexity index is 259. The van der Waals surface area contributed by atoms with E-state index >= 15 is 0 Å². The third-order valence-electron chi connectivity index (χ3n) is 1.10. The van der Waals surface area contributed by atoms with Gasteiger partial charge in [-0.2, -0.15) is 0 Å². The second kappa shape index (κ2) is 2.06. The molecule has 0 spiro atoms. The fraction of sp³-hybridized carbons (Fsp3) is 0. The lowest BCUT2D eigenvalue weighted by atomic mass is 10.3. The molecular formula is C6H4INO. The summed E-state index contributed by atoms with van der Waals surface area (Å²) in [6, 6.07) is 8.00. The van der Waals surface area contributed by atoms with Crippen LogP contribution in [0.2, 0.25) is 0 Å². The fourth-order valence-corrected chi connectivity index (χ4v) is 2.09. The van der Waals surface area contributed by atoms with Gasteiger partial charge in [-0.1, -0.05) is 15.4 Å². The number of fused-ring (bicyclic) bond motifs is 1. The van der Waals surface area contributed by atoms with Crippen LogP contribution in [0.5, 0.6) is 5.75 Å². The average molecular weight is 233 g/mol. The van der Waals surface area contributed by atoms with E-state index in [-0.39, 0.29) is 21.0 Å². The highest BCUT2D eigenvalue weighted by Crippen LogP contribution is 2.31. The van der Waals surface area contributed by atoms with Gasteiger partial charge >= 0.3 is 0 Å². The molecule has 1 aliphatic heterocycles. The number of para-hydroxylation sites is 1. The Morgan fingerprint density at radius 2 is 2.22 bits per heavy atom. The standard InChI is InChI=1S/C6H4INO/c1-2-4-6-5(3-1)7-8-9-6/h1-4H. The molecule has 0 saturated heterocycles. The van der Waals surface area contributed by atoms with Gasteiger partial charge in [0.05, 0.1) is 24.6 Å². The van der Waals surface area contributed by atoms with E-state index in [1.54, 1.807) is 0 Å². The van der Waals surface area contributed by atoms with E-state index in [1.165, 1.54) is 3.57 Å². The van der Waals surface area contributed by atoms with Gasteiger partial charge in [0.1, 0.15) is 0 Å². The summed E-state index contributed by atoms with van der Waals surface area (Å²) >= 11 is -0.175. The maximum Gasteiger partial charge on any atom is 0.172 e. The third kappa shape index (κ3) is 0.849. The van der Waals surface area contributed by atoms with E-state index < -0.39 is 0 Å². The maximum atomic E-state index is 4.97. The second-order valence-corrected chi connectivity index (χ2v) is 3.71. The Hall–Kier alpha value is -0.450. The Labute approximate surface area is 63.0 Å². The highest BCUT2D eigenvalue weighted by Gasteiger charge is 2.05. The van der Waals surface area contributed by atoms with Gasteiger partial charge in [-0.3, -0.25) is 0 Å². The van der Waals surface area contributed by atoms with Crippen molar-refractivity contribution < 1.29 is 4.84 Å². The molecule has 0 fully saturated rings. The van der Waals surface area contributed by atoms with Gasteiger partial charge in [0, 0.05) is 0 Å². The molecule has 2 rings (SSSR count). The topological polar surface area (TPSA) is 21.6 Å². The molecule has 0 bridgehead atoms. The lowest BCUT2D eigenvalue weighted by molar-refractivity contribution is 0.359. The van der Waals surface area contributed by atoms with Crippen molar-refractivity contribution in [1.29, 1.82) is 0 Å². The fourth-order valence-electron chi connectivity index (χ4n) is 0.680. The lowest BCUT2D eigenvalue weighted by Crippen LogP contribution is -1.75. The Morgan fingerprint density at radius 3 is 3.11 bits per heavy atom. The molecule has 0 saturated carbocycles. The van der Waals surface area contributed by atoms with Crippen molar-refractivity contribution in [3.8, 4) is 5.75 Å². The highest BCUT2D eigenvalue weighted by molar-refractivity contribution is 14.2. The van der Waals surface area contributed by atoms with Gasteiger partial charge < -0.3 is 4.84 Å². The van der Waals surface area contributed by atoms with Crippen LogP contribution in [0.4, 0.5) is 0 Å². The van der Waals surface area contributed by atoms with E-state index in [1.807, 2.05) is 18.2 Å². The van der Waals surface area contributed by atoms with Gasteiger partial charge in [0.15, 0.2) is 5.75 Å². The van der Waals surface area contributed by atoms with Crippen molar-refractivity contribution in [3.63, 3.8) is 0 Å². The first kappa shape index (κ1) is 5.34. The minimum atomic E-state index is -0.175. The first-order valence-corrected chi connectivity index (χ1v) is 4.62. The predicted octanol–water partition coefficient (Wildman–Crippen LogP) is 2.32. The Balaban J connectivity index is 2.63. The summed E-state index contributed by atoms with van der Waals surface area (Å²) in [5, 5.41) is 0. The summed E-state index contributed by atoms with van der Waals surface area (Å²) < 4.78 is 5.15. The minimum absolute atomic E-state index is 0.175. The minimum Gasteiger partial charge on any atom is -0.351 e. The summed E-state index contributed by atoms with van der Waals surface area (Å²) in [5.74, 6) is 0.949. The van der Waals surface area contributed by atoms with Crippen molar-refractivity contribution >= 4 is 21.0 Å². The Kier molecular flexibility index (Phi) is 1.22. The van der Waals surface area contributed by atoms with E-state index in [0.29, 0.717) is 0 Å². The molecule has 0 radical (unpaired) electrons. The van der Waals surface area contributed by atoms with Gasteiger partial charge in [-0.25, -0.2) is 0 Å². The van der Waals surface area contributed by atoms with Crippen molar-refractivity contribution in [2.75, 3.05) is 0 Å². The molecule has 1 aliphatic rings. The number of nitrogens with zero attached hydrogens (tertiary/aromatic N) is 1. The molecule has 0 N–H and O–H groups in total. The second-order valence-electron chi connectivity index (χ2n) is 1.68. The summed E-state index contributed by atoms with van der Waals surface area (Å²) in [6.45, 7) is 0.